The van der Waals surface area contributed by atoms with Gasteiger partial charge in [-0.05, 0) is 49.5 Å². The molecule has 1 saturated heterocycles. The maximum Gasteiger partial charge on any atom is 0.251 e. The molecule has 25 heavy (non-hydrogen) atoms. The van der Waals surface area contributed by atoms with E-state index in [0.29, 0.717) is 25.2 Å². The fourth-order valence-electron chi connectivity index (χ4n) is 3.11. The lowest BCUT2D eigenvalue weighted by atomic mass is 9.81. The number of nitrogens with zero attached hydrogens (tertiary/aromatic N) is 1. The van der Waals surface area contributed by atoms with E-state index in [9.17, 15) is 13.2 Å². The van der Waals surface area contributed by atoms with Crippen LogP contribution in [0.1, 0.15) is 44.0 Å². The maximum absolute atomic E-state index is 12.6. The zero-order valence-electron chi connectivity index (χ0n) is 15.3. The van der Waals surface area contributed by atoms with Crippen LogP contribution in [0, 0.1) is 5.41 Å². The number of hydrogen-bond donors (Lipinski definition) is 2. The van der Waals surface area contributed by atoms with E-state index in [2.05, 4.69) is 17.6 Å². The molecule has 140 valence electrons. The second-order valence-electron chi connectivity index (χ2n) is 6.86. The van der Waals surface area contributed by atoms with Crippen LogP contribution < -0.4 is 10.6 Å². The van der Waals surface area contributed by atoms with Crippen LogP contribution in [0.15, 0.2) is 29.2 Å². The van der Waals surface area contributed by atoms with Crippen LogP contribution >= 0.6 is 0 Å². The van der Waals surface area contributed by atoms with E-state index in [1.165, 1.54) is 10.4 Å². The van der Waals surface area contributed by atoms with Crippen LogP contribution in [-0.2, 0) is 10.0 Å². The number of nitrogens with one attached hydrogen (secondary N) is 2. The van der Waals surface area contributed by atoms with E-state index in [1.54, 1.807) is 32.0 Å². The number of carbonyl (C=O) groups excluding carboxylic acids is 1. The normalized spacial score (nSPS) is 17.4. The van der Waals surface area contributed by atoms with Gasteiger partial charge in [0.25, 0.3) is 5.91 Å². The molecule has 2 rings (SSSR count). The smallest absolute Gasteiger partial charge is 0.251 e. The van der Waals surface area contributed by atoms with Crippen LogP contribution in [0.5, 0.6) is 0 Å². The Hall–Kier alpha value is -1.44. The van der Waals surface area contributed by atoms with Gasteiger partial charge in [0, 0.05) is 25.2 Å². The van der Waals surface area contributed by atoms with Crippen molar-refractivity contribution in [2.45, 2.75) is 38.5 Å². The van der Waals surface area contributed by atoms with Gasteiger partial charge in [0.15, 0.2) is 0 Å². The molecule has 2 N–H and O–H groups in total. The molecule has 0 saturated carbocycles. The Balaban J connectivity index is 2.11. The van der Waals surface area contributed by atoms with Crippen molar-refractivity contribution < 1.29 is 13.2 Å². The van der Waals surface area contributed by atoms with Gasteiger partial charge in [-0.25, -0.2) is 8.42 Å². The Morgan fingerprint density at radius 3 is 2.48 bits per heavy atom. The van der Waals surface area contributed by atoms with Gasteiger partial charge in [-0.1, -0.05) is 26.8 Å². The molecule has 0 aromatic heterocycles. The molecule has 1 amide bonds. The Morgan fingerprint density at radius 1 is 1.24 bits per heavy atom. The number of sulfonamides is 1. The summed E-state index contributed by atoms with van der Waals surface area (Å²) in [7, 11) is -3.56. The predicted molar refractivity (Wildman–Crippen MR) is 99.1 cm³/mol. The molecule has 7 heteroatoms. The van der Waals surface area contributed by atoms with Gasteiger partial charge < -0.3 is 10.6 Å². The molecule has 1 aliphatic heterocycles. The molecule has 1 aliphatic rings. The Morgan fingerprint density at radius 2 is 1.88 bits per heavy atom. The second kappa shape index (κ2) is 8.29. The Bertz CT molecular complexity index is 693. The fourth-order valence-corrected chi connectivity index (χ4v) is 4.62. The standard InChI is InChI=1S/C18H29N3O3S/c1-4-21(5-2)25(23,24)16-8-6-7-15(13-16)17(22)20-14-18(3)9-11-19-12-10-18/h6-8,13,19H,4-5,9-12,14H2,1-3H3,(H,20,22). The molecule has 1 heterocycles. The third-order valence-corrected chi connectivity index (χ3v) is 6.97. The van der Waals surface area contributed by atoms with E-state index in [0.717, 1.165) is 25.9 Å². The van der Waals surface area contributed by atoms with Crippen molar-refractivity contribution >= 4 is 15.9 Å². The number of hydrogen-bond acceptors (Lipinski definition) is 4. The molecule has 6 nitrogen and oxygen atoms in total. The molecule has 1 fully saturated rings. The summed E-state index contributed by atoms with van der Waals surface area (Å²) in [6, 6.07) is 6.28. The van der Waals surface area contributed by atoms with Crippen molar-refractivity contribution in [3.8, 4) is 0 Å². The Labute approximate surface area is 151 Å². The molecule has 1 aromatic rings. The average Bonchev–Trinajstić information content (AvgIpc) is 2.61. The van der Waals surface area contributed by atoms with Crippen LogP contribution in [0.3, 0.4) is 0 Å². The van der Waals surface area contributed by atoms with Crippen molar-refractivity contribution in [2.75, 3.05) is 32.7 Å². The minimum atomic E-state index is -3.56. The lowest BCUT2D eigenvalue weighted by Crippen LogP contribution is -2.42. The summed E-state index contributed by atoms with van der Waals surface area (Å²) in [5, 5.41) is 6.29. The van der Waals surface area contributed by atoms with Crippen molar-refractivity contribution in [3.63, 3.8) is 0 Å². The SMILES string of the molecule is CCN(CC)S(=O)(=O)c1cccc(C(=O)NCC2(C)CCNCC2)c1. The first-order valence-corrected chi connectivity index (χ1v) is 10.4. The topological polar surface area (TPSA) is 78.5 Å². The molecule has 0 bridgehead atoms. The third kappa shape index (κ3) is 4.80. The molecule has 0 spiro atoms. The number of carbonyl (C=O) groups is 1. The van der Waals surface area contributed by atoms with Gasteiger partial charge in [-0.3, -0.25) is 4.79 Å². The highest BCUT2D eigenvalue weighted by molar-refractivity contribution is 7.89. The lowest BCUT2D eigenvalue weighted by molar-refractivity contribution is 0.0922. The zero-order chi connectivity index (χ0) is 18.5. The summed E-state index contributed by atoms with van der Waals surface area (Å²) < 4.78 is 26.6. The zero-order valence-corrected chi connectivity index (χ0v) is 16.2. The summed E-state index contributed by atoms with van der Waals surface area (Å²) in [4.78, 5) is 12.6. The highest BCUT2D eigenvalue weighted by atomic mass is 32.2. The summed E-state index contributed by atoms with van der Waals surface area (Å²) >= 11 is 0. The van der Waals surface area contributed by atoms with E-state index in [-0.39, 0.29) is 16.2 Å². The van der Waals surface area contributed by atoms with Crippen molar-refractivity contribution in [3.05, 3.63) is 29.8 Å². The second-order valence-corrected chi connectivity index (χ2v) is 8.80. The highest BCUT2D eigenvalue weighted by Gasteiger charge is 2.27. The summed E-state index contributed by atoms with van der Waals surface area (Å²) in [6.45, 7) is 9.11. The van der Waals surface area contributed by atoms with Gasteiger partial charge in [-0.15, -0.1) is 0 Å². The van der Waals surface area contributed by atoms with E-state index in [4.69, 9.17) is 0 Å². The highest BCUT2D eigenvalue weighted by Crippen LogP contribution is 2.26. The molecule has 0 atom stereocenters. The quantitative estimate of drug-likeness (QED) is 0.771. The Kier molecular flexibility index (Phi) is 6.59. The van der Waals surface area contributed by atoms with Crippen molar-refractivity contribution in [1.29, 1.82) is 0 Å². The van der Waals surface area contributed by atoms with Crippen LogP contribution in [0.2, 0.25) is 0 Å². The van der Waals surface area contributed by atoms with Gasteiger partial charge in [0.1, 0.15) is 0 Å². The molecule has 1 aromatic carbocycles. The molecule has 0 radical (unpaired) electrons. The van der Waals surface area contributed by atoms with Gasteiger partial charge >= 0.3 is 0 Å². The third-order valence-electron chi connectivity index (χ3n) is 4.93. The first kappa shape index (κ1) is 19.9. The molecular formula is C18H29N3O3S. The predicted octanol–water partition coefficient (Wildman–Crippen LogP) is 1.84. The van der Waals surface area contributed by atoms with E-state index in [1.807, 2.05) is 0 Å². The molecule has 0 aliphatic carbocycles. The fraction of sp³-hybridized carbons (Fsp3) is 0.611. The van der Waals surface area contributed by atoms with Crippen LogP contribution in [0.4, 0.5) is 0 Å². The first-order valence-electron chi connectivity index (χ1n) is 8.91. The molecular weight excluding hydrogens is 338 g/mol. The first-order chi connectivity index (χ1) is 11.8. The number of rotatable bonds is 7. The lowest BCUT2D eigenvalue weighted by Gasteiger charge is -2.34. The summed E-state index contributed by atoms with van der Waals surface area (Å²) in [5.41, 5.74) is 0.469. The van der Waals surface area contributed by atoms with Crippen LogP contribution in [-0.4, -0.2) is 51.4 Å². The number of piperidine rings is 1. The van der Waals surface area contributed by atoms with Gasteiger partial charge in [0.05, 0.1) is 4.90 Å². The van der Waals surface area contributed by atoms with E-state index >= 15 is 0 Å². The van der Waals surface area contributed by atoms with Crippen LogP contribution in [0.25, 0.3) is 0 Å². The summed E-state index contributed by atoms with van der Waals surface area (Å²) in [6.07, 6.45) is 2.04. The average molecular weight is 368 g/mol. The van der Waals surface area contributed by atoms with Crippen molar-refractivity contribution in [1.82, 2.24) is 14.9 Å². The number of amides is 1. The van der Waals surface area contributed by atoms with Gasteiger partial charge in [0.2, 0.25) is 10.0 Å². The largest absolute Gasteiger partial charge is 0.351 e. The molecule has 0 unspecified atom stereocenters. The van der Waals surface area contributed by atoms with Gasteiger partial charge in [-0.2, -0.15) is 4.31 Å². The van der Waals surface area contributed by atoms with Crippen molar-refractivity contribution in [2.24, 2.45) is 5.41 Å². The number of benzene rings is 1. The minimum Gasteiger partial charge on any atom is -0.351 e. The monoisotopic (exact) mass is 367 g/mol. The van der Waals surface area contributed by atoms with E-state index < -0.39 is 10.0 Å². The summed E-state index contributed by atoms with van der Waals surface area (Å²) in [5.74, 6) is -0.226. The minimum absolute atomic E-state index is 0.0891. The maximum atomic E-state index is 12.6.